The molecule has 1 nitrogen and oxygen atoms in total. The number of benzene rings is 1. The van der Waals surface area contributed by atoms with Gasteiger partial charge in [-0.25, -0.2) is 4.39 Å². The van der Waals surface area contributed by atoms with E-state index in [1.165, 1.54) is 6.07 Å². The molecule has 3 heteroatoms. The van der Waals surface area contributed by atoms with E-state index in [9.17, 15) is 4.39 Å². The Labute approximate surface area is 101 Å². The average molecular weight is 242 g/mol. The molecule has 0 aliphatic rings. The van der Waals surface area contributed by atoms with Crippen LogP contribution in [0.5, 0.6) is 0 Å². The fourth-order valence-corrected chi connectivity index (χ4v) is 1.29. The van der Waals surface area contributed by atoms with Crippen molar-refractivity contribution in [1.29, 1.82) is 0 Å². The van der Waals surface area contributed by atoms with Gasteiger partial charge in [0.15, 0.2) is 0 Å². The molecule has 16 heavy (non-hydrogen) atoms. The Kier molecular flexibility index (Phi) is 4.51. The van der Waals surface area contributed by atoms with E-state index in [-0.39, 0.29) is 16.4 Å². The monoisotopic (exact) mass is 241 g/mol. The number of hydrogen-bond donors (Lipinski definition) is 1. The number of rotatable bonds is 3. The van der Waals surface area contributed by atoms with Crippen LogP contribution in [-0.4, -0.2) is 12.1 Å². The molecule has 88 valence electrons. The predicted molar refractivity (Wildman–Crippen MR) is 68.2 cm³/mol. The van der Waals surface area contributed by atoms with E-state index >= 15 is 0 Å². The summed E-state index contributed by atoms with van der Waals surface area (Å²) in [5.74, 6) is -0.382. The summed E-state index contributed by atoms with van der Waals surface area (Å²) >= 11 is 5.59. The fourth-order valence-electron chi connectivity index (χ4n) is 1.18. The van der Waals surface area contributed by atoms with Crippen LogP contribution in [0.2, 0.25) is 5.02 Å². The van der Waals surface area contributed by atoms with E-state index in [2.05, 4.69) is 26.1 Å². The molecule has 0 fully saturated rings. The van der Waals surface area contributed by atoms with Gasteiger partial charge in [0.05, 0.1) is 5.02 Å². The topological polar surface area (TPSA) is 12.0 Å². The van der Waals surface area contributed by atoms with Crippen molar-refractivity contribution in [2.24, 2.45) is 0 Å². The lowest BCUT2D eigenvalue weighted by molar-refractivity contribution is 0.450. The van der Waals surface area contributed by atoms with Gasteiger partial charge in [-0.2, -0.15) is 0 Å². The SMILES string of the molecule is CC(C)(C)NCC=Cc1ccc(Cl)c(F)c1. The average Bonchev–Trinajstić information content (AvgIpc) is 2.17. The second kappa shape index (κ2) is 5.46. The zero-order chi connectivity index (χ0) is 12.2. The summed E-state index contributed by atoms with van der Waals surface area (Å²) in [7, 11) is 0. The first-order valence-corrected chi connectivity index (χ1v) is 5.63. The second-order valence-electron chi connectivity index (χ2n) is 4.71. The van der Waals surface area contributed by atoms with Gasteiger partial charge in [0.25, 0.3) is 0 Å². The summed E-state index contributed by atoms with van der Waals surface area (Å²) in [5.41, 5.74) is 0.910. The summed E-state index contributed by atoms with van der Waals surface area (Å²) in [6, 6.07) is 4.78. The molecule has 0 saturated heterocycles. The molecule has 1 aromatic carbocycles. The molecule has 0 spiro atoms. The van der Waals surface area contributed by atoms with Crippen LogP contribution in [0.25, 0.3) is 6.08 Å². The first-order valence-electron chi connectivity index (χ1n) is 5.25. The minimum atomic E-state index is -0.382. The number of halogens is 2. The predicted octanol–water partition coefficient (Wildman–Crippen LogP) is 3.88. The van der Waals surface area contributed by atoms with Crippen molar-refractivity contribution >= 4 is 17.7 Å². The minimum Gasteiger partial charge on any atom is -0.309 e. The van der Waals surface area contributed by atoms with Crippen molar-refractivity contribution in [3.05, 3.63) is 40.7 Å². The highest BCUT2D eigenvalue weighted by atomic mass is 35.5. The van der Waals surface area contributed by atoms with Crippen molar-refractivity contribution in [3.8, 4) is 0 Å². The summed E-state index contributed by atoms with van der Waals surface area (Å²) in [4.78, 5) is 0. The van der Waals surface area contributed by atoms with Crippen LogP contribution in [-0.2, 0) is 0 Å². The van der Waals surface area contributed by atoms with E-state index in [4.69, 9.17) is 11.6 Å². The first-order chi connectivity index (χ1) is 7.38. The zero-order valence-electron chi connectivity index (χ0n) is 9.85. The van der Waals surface area contributed by atoms with Gasteiger partial charge in [-0.1, -0.05) is 29.8 Å². The third-order valence-corrected chi connectivity index (χ3v) is 2.31. The molecule has 0 aliphatic heterocycles. The van der Waals surface area contributed by atoms with Crippen molar-refractivity contribution in [3.63, 3.8) is 0 Å². The van der Waals surface area contributed by atoms with Crippen LogP contribution in [0.3, 0.4) is 0 Å². The molecule has 0 aromatic heterocycles. The van der Waals surface area contributed by atoms with E-state index in [1.807, 2.05) is 12.2 Å². The molecule has 1 aromatic rings. The van der Waals surface area contributed by atoms with Gasteiger partial charge in [0.1, 0.15) is 5.82 Å². The van der Waals surface area contributed by atoms with Gasteiger partial charge in [0, 0.05) is 12.1 Å². The van der Waals surface area contributed by atoms with Gasteiger partial charge < -0.3 is 5.32 Å². The second-order valence-corrected chi connectivity index (χ2v) is 5.11. The molecule has 1 N–H and O–H groups in total. The molecule has 0 heterocycles. The Morgan fingerprint density at radius 2 is 2.06 bits per heavy atom. The van der Waals surface area contributed by atoms with Gasteiger partial charge in [-0.05, 0) is 38.5 Å². The quantitative estimate of drug-likeness (QED) is 0.847. The highest BCUT2D eigenvalue weighted by Crippen LogP contribution is 2.16. The number of hydrogen-bond acceptors (Lipinski definition) is 1. The van der Waals surface area contributed by atoms with Crippen molar-refractivity contribution in [2.75, 3.05) is 6.54 Å². The van der Waals surface area contributed by atoms with Crippen molar-refractivity contribution in [2.45, 2.75) is 26.3 Å². The Bertz CT molecular complexity index is 380. The van der Waals surface area contributed by atoms with Crippen LogP contribution in [0.1, 0.15) is 26.3 Å². The van der Waals surface area contributed by atoms with Crippen LogP contribution in [0.4, 0.5) is 4.39 Å². The molecule has 0 saturated carbocycles. The molecule has 0 unspecified atom stereocenters. The van der Waals surface area contributed by atoms with Gasteiger partial charge in [-0.15, -0.1) is 0 Å². The maximum absolute atomic E-state index is 13.1. The highest BCUT2D eigenvalue weighted by molar-refractivity contribution is 6.30. The summed E-state index contributed by atoms with van der Waals surface area (Å²) < 4.78 is 13.1. The van der Waals surface area contributed by atoms with Gasteiger partial charge >= 0.3 is 0 Å². The van der Waals surface area contributed by atoms with Gasteiger partial charge in [-0.3, -0.25) is 0 Å². The highest BCUT2D eigenvalue weighted by Gasteiger charge is 2.05. The Morgan fingerprint density at radius 3 is 2.62 bits per heavy atom. The van der Waals surface area contributed by atoms with Crippen LogP contribution in [0.15, 0.2) is 24.3 Å². The lowest BCUT2D eigenvalue weighted by Crippen LogP contribution is -2.35. The molecular formula is C13H17ClFN. The van der Waals surface area contributed by atoms with E-state index in [0.29, 0.717) is 0 Å². The molecule has 0 radical (unpaired) electrons. The molecule has 0 amide bonds. The summed E-state index contributed by atoms with van der Waals surface area (Å²) in [6.45, 7) is 7.06. The van der Waals surface area contributed by atoms with E-state index in [1.54, 1.807) is 12.1 Å². The lowest BCUT2D eigenvalue weighted by atomic mass is 10.1. The first kappa shape index (κ1) is 13.2. The van der Waals surface area contributed by atoms with Crippen molar-refractivity contribution in [1.82, 2.24) is 5.32 Å². The largest absolute Gasteiger partial charge is 0.309 e. The Balaban J connectivity index is 2.53. The van der Waals surface area contributed by atoms with Crippen molar-refractivity contribution < 1.29 is 4.39 Å². The molecule has 0 aliphatic carbocycles. The smallest absolute Gasteiger partial charge is 0.142 e. The number of nitrogens with one attached hydrogen (secondary N) is 1. The molecule has 1 rings (SSSR count). The van der Waals surface area contributed by atoms with Crippen LogP contribution in [0, 0.1) is 5.82 Å². The van der Waals surface area contributed by atoms with E-state index in [0.717, 1.165) is 12.1 Å². The lowest BCUT2D eigenvalue weighted by Gasteiger charge is -2.18. The molecule has 0 bridgehead atoms. The Morgan fingerprint density at radius 1 is 1.38 bits per heavy atom. The Hall–Kier alpha value is -0.860. The third-order valence-electron chi connectivity index (χ3n) is 2.00. The van der Waals surface area contributed by atoms with Crippen LogP contribution < -0.4 is 5.32 Å². The standard InChI is InChI=1S/C13H17ClFN/c1-13(2,3)16-8-4-5-10-6-7-11(14)12(15)9-10/h4-7,9,16H,8H2,1-3H3. The zero-order valence-corrected chi connectivity index (χ0v) is 10.6. The molecular weight excluding hydrogens is 225 g/mol. The maximum Gasteiger partial charge on any atom is 0.142 e. The summed E-state index contributed by atoms with van der Waals surface area (Å²) in [5, 5.41) is 3.47. The summed E-state index contributed by atoms with van der Waals surface area (Å²) in [6.07, 6.45) is 3.84. The third kappa shape index (κ3) is 4.77. The molecule has 0 atom stereocenters. The maximum atomic E-state index is 13.1. The van der Waals surface area contributed by atoms with Crippen LogP contribution >= 0.6 is 11.6 Å². The minimum absolute atomic E-state index is 0.0928. The van der Waals surface area contributed by atoms with Gasteiger partial charge in [0.2, 0.25) is 0 Å². The van der Waals surface area contributed by atoms with E-state index < -0.39 is 0 Å². The fraction of sp³-hybridized carbons (Fsp3) is 0.385. The normalized spacial score (nSPS) is 12.3.